The predicted octanol–water partition coefficient (Wildman–Crippen LogP) is 4.93. The van der Waals surface area contributed by atoms with Gasteiger partial charge in [-0.15, -0.1) is 0 Å². The number of rotatable bonds is 11. The summed E-state index contributed by atoms with van der Waals surface area (Å²) < 4.78 is 0. The standard InChI is InChI=1S/C15H32O/c1-4-7-11-15(10-6-3,12-8-5-2)13-9-14-16/h16H,4-14H2,1-3H3. The Morgan fingerprint density at radius 3 is 1.56 bits per heavy atom. The third-order valence-electron chi connectivity index (χ3n) is 3.77. The lowest BCUT2D eigenvalue weighted by atomic mass is 9.72. The summed E-state index contributed by atoms with van der Waals surface area (Å²) in [4.78, 5) is 0. The van der Waals surface area contributed by atoms with Crippen LogP contribution in [0.4, 0.5) is 0 Å². The summed E-state index contributed by atoms with van der Waals surface area (Å²) in [6.07, 6.45) is 12.9. The molecule has 0 fully saturated rings. The molecule has 0 heterocycles. The van der Waals surface area contributed by atoms with Crippen molar-refractivity contribution in [3.05, 3.63) is 0 Å². The number of unbranched alkanes of at least 4 members (excludes halogenated alkanes) is 2. The van der Waals surface area contributed by atoms with Crippen LogP contribution in [0.25, 0.3) is 0 Å². The maximum atomic E-state index is 9.05. The van der Waals surface area contributed by atoms with Crippen molar-refractivity contribution < 1.29 is 5.11 Å². The van der Waals surface area contributed by atoms with Gasteiger partial charge in [0.25, 0.3) is 0 Å². The van der Waals surface area contributed by atoms with E-state index in [1.54, 1.807) is 0 Å². The summed E-state index contributed by atoms with van der Waals surface area (Å²) in [7, 11) is 0. The molecule has 98 valence electrons. The maximum absolute atomic E-state index is 9.05. The lowest BCUT2D eigenvalue weighted by molar-refractivity contribution is 0.161. The van der Waals surface area contributed by atoms with E-state index in [1.807, 2.05) is 0 Å². The Balaban J connectivity index is 4.32. The molecule has 0 aliphatic rings. The largest absolute Gasteiger partial charge is 0.396 e. The molecule has 0 aliphatic carbocycles. The molecule has 0 aromatic carbocycles. The van der Waals surface area contributed by atoms with E-state index in [1.165, 1.54) is 57.8 Å². The van der Waals surface area contributed by atoms with Crippen LogP contribution in [0.3, 0.4) is 0 Å². The third kappa shape index (κ3) is 6.52. The van der Waals surface area contributed by atoms with Crippen LogP contribution >= 0.6 is 0 Å². The molecule has 0 aromatic rings. The summed E-state index contributed by atoms with van der Waals surface area (Å²) in [6, 6.07) is 0. The molecule has 0 atom stereocenters. The van der Waals surface area contributed by atoms with Gasteiger partial charge in [0.15, 0.2) is 0 Å². The van der Waals surface area contributed by atoms with E-state index >= 15 is 0 Å². The van der Waals surface area contributed by atoms with E-state index in [-0.39, 0.29) is 0 Å². The van der Waals surface area contributed by atoms with E-state index in [4.69, 9.17) is 5.11 Å². The summed E-state index contributed by atoms with van der Waals surface area (Å²) in [6.45, 7) is 7.22. The fourth-order valence-electron chi connectivity index (χ4n) is 2.84. The van der Waals surface area contributed by atoms with Crippen molar-refractivity contribution in [3.63, 3.8) is 0 Å². The quantitative estimate of drug-likeness (QED) is 0.532. The minimum atomic E-state index is 0.365. The summed E-state index contributed by atoms with van der Waals surface area (Å²) in [5.41, 5.74) is 0.545. The molecule has 0 amide bonds. The fourth-order valence-corrected chi connectivity index (χ4v) is 2.84. The van der Waals surface area contributed by atoms with E-state index in [2.05, 4.69) is 20.8 Å². The van der Waals surface area contributed by atoms with Gasteiger partial charge >= 0.3 is 0 Å². The average molecular weight is 228 g/mol. The van der Waals surface area contributed by atoms with Crippen LogP contribution in [-0.4, -0.2) is 11.7 Å². The van der Waals surface area contributed by atoms with Crippen molar-refractivity contribution in [2.45, 2.75) is 85.0 Å². The van der Waals surface area contributed by atoms with Crippen molar-refractivity contribution in [2.24, 2.45) is 5.41 Å². The minimum absolute atomic E-state index is 0.365. The Hall–Kier alpha value is -0.0400. The topological polar surface area (TPSA) is 20.2 Å². The lowest BCUT2D eigenvalue weighted by Gasteiger charge is -2.34. The van der Waals surface area contributed by atoms with Crippen molar-refractivity contribution >= 4 is 0 Å². The molecule has 0 saturated heterocycles. The second kappa shape index (κ2) is 10.1. The molecule has 1 nitrogen and oxygen atoms in total. The van der Waals surface area contributed by atoms with Gasteiger partial charge in [-0.1, -0.05) is 52.9 Å². The Bertz CT molecular complexity index is 121. The highest BCUT2D eigenvalue weighted by molar-refractivity contribution is 4.79. The van der Waals surface area contributed by atoms with Crippen LogP contribution in [-0.2, 0) is 0 Å². The smallest absolute Gasteiger partial charge is 0.0431 e. The van der Waals surface area contributed by atoms with Crippen molar-refractivity contribution in [1.29, 1.82) is 0 Å². The normalized spacial score (nSPS) is 12.0. The second-order valence-electron chi connectivity index (χ2n) is 5.28. The van der Waals surface area contributed by atoms with Crippen molar-refractivity contribution in [1.82, 2.24) is 0 Å². The summed E-state index contributed by atoms with van der Waals surface area (Å²) in [5.74, 6) is 0. The van der Waals surface area contributed by atoms with E-state index in [9.17, 15) is 0 Å². The molecule has 0 bridgehead atoms. The molecule has 0 aliphatic heterocycles. The van der Waals surface area contributed by atoms with Gasteiger partial charge in [0, 0.05) is 6.61 Å². The first-order valence-electron chi connectivity index (χ1n) is 7.35. The molecule has 0 spiro atoms. The molecule has 0 aromatic heterocycles. The first-order valence-corrected chi connectivity index (χ1v) is 7.35. The molecule has 0 saturated carbocycles. The first kappa shape index (κ1) is 16.0. The van der Waals surface area contributed by atoms with Gasteiger partial charge in [0.2, 0.25) is 0 Å². The molecule has 0 unspecified atom stereocenters. The van der Waals surface area contributed by atoms with Gasteiger partial charge < -0.3 is 5.11 Å². The van der Waals surface area contributed by atoms with Crippen LogP contribution in [0.5, 0.6) is 0 Å². The van der Waals surface area contributed by atoms with Gasteiger partial charge in [-0.05, 0) is 37.5 Å². The van der Waals surface area contributed by atoms with Gasteiger partial charge in [-0.3, -0.25) is 0 Å². The SMILES string of the molecule is CCCCC(CCC)(CCCC)CCCO. The Labute approximate surface area is 103 Å². The number of aliphatic hydroxyl groups is 1. The molecule has 1 heteroatoms. The molecular formula is C15H32O. The zero-order valence-corrected chi connectivity index (χ0v) is 11.7. The lowest BCUT2D eigenvalue weighted by Crippen LogP contribution is -2.21. The zero-order chi connectivity index (χ0) is 12.3. The number of hydrogen-bond donors (Lipinski definition) is 1. The van der Waals surface area contributed by atoms with Gasteiger partial charge in [-0.25, -0.2) is 0 Å². The first-order chi connectivity index (χ1) is 7.74. The van der Waals surface area contributed by atoms with Crippen LogP contribution in [0.2, 0.25) is 0 Å². The molecule has 1 N–H and O–H groups in total. The van der Waals surface area contributed by atoms with Crippen molar-refractivity contribution in [2.75, 3.05) is 6.61 Å². The second-order valence-corrected chi connectivity index (χ2v) is 5.28. The summed E-state index contributed by atoms with van der Waals surface area (Å²) in [5, 5.41) is 9.05. The van der Waals surface area contributed by atoms with Gasteiger partial charge in [-0.2, -0.15) is 0 Å². The highest BCUT2D eigenvalue weighted by atomic mass is 16.2. The predicted molar refractivity (Wildman–Crippen MR) is 72.7 cm³/mol. The number of aliphatic hydroxyl groups excluding tert-OH is 1. The molecular weight excluding hydrogens is 196 g/mol. The molecule has 0 radical (unpaired) electrons. The maximum Gasteiger partial charge on any atom is 0.0431 e. The van der Waals surface area contributed by atoms with Gasteiger partial charge in [0.1, 0.15) is 0 Å². The zero-order valence-electron chi connectivity index (χ0n) is 11.7. The fraction of sp³-hybridized carbons (Fsp3) is 1.00. The van der Waals surface area contributed by atoms with Crippen LogP contribution in [0.15, 0.2) is 0 Å². The molecule has 0 rings (SSSR count). The van der Waals surface area contributed by atoms with Gasteiger partial charge in [0.05, 0.1) is 0 Å². The number of hydrogen-bond acceptors (Lipinski definition) is 1. The monoisotopic (exact) mass is 228 g/mol. The van der Waals surface area contributed by atoms with E-state index in [0.29, 0.717) is 12.0 Å². The average Bonchev–Trinajstić information content (AvgIpc) is 2.31. The Kier molecular flexibility index (Phi) is 10.1. The van der Waals surface area contributed by atoms with Crippen LogP contribution < -0.4 is 0 Å². The molecule has 16 heavy (non-hydrogen) atoms. The Morgan fingerprint density at radius 1 is 0.688 bits per heavy atom. The van der Waals surface area contributed by atoms with Crippen molar-refractivity contribution in [3.8, 4) is 0 Å². The van der Waals surface area contributed by atoms with Crippen LogP contribution in [0.1, 0.15) is 85.0 Å². The Morgan fingerprint density at radius 2 is 1.19 bits per heavy atom. The highest BCUT2D eigenvalue weighted by Gasteiger charge is 2.27. The van der Waals surface area contributed by atoms with E-state index in [0.717, 1.165) is 6.42 Å². The summed E-state index contributed by atoms with van der Waals surface area (Å²) >= 11 is 0. The van der Waals surface area contributed by atoms with E-state index < -0.39 is 0 Å². The minimum Gasteiger partial charge on any atom is -0.396 e. The third-order valence-corrected chi connectivity index (χ3v) is 3.77. The highest BCUT2D eigenvalue weighted by Crippen LogP contribution is 2.40. The van der Waals surface area contributed by atoms with Crippen LogP contribution in [0, 0.1) is 5.41 Å².